The first kappa shape index (κ1) is 20.8. The van der Waals surface area contributed by atoms with Crippen LogP contribution in [0.3, 0.4) is 0 Å². The van der Waals surface area contributed by atoms with E-state index in [1.54, 1.807) is 28.8 Å². The highest BCUT2D eigenvalue weighted by Crippen LogP contribution is 2.33. The molecule has 1 atom stereocenters. The number of hydrogen-bond donors (Lipinski definition) is 0. The third-order valence-corrected chi connectivity index (χ3v) is 7.31. The monoisotopic (exact) mass is 446 g/mol. The smallest absolute Gasteiger partial charge is 0.264 e. The lowest BCUT2D eigenvalue weighted by Crippen LogP contribution is -2.37. The molecule has 0 aliphatic carbocycles. The number of amides is 1. The van der Waals surface area contributed by atoms with Gasteiger partial charge in [0.05, 0.1) is 15.0 Å². The maximum atomic E-state index is 13.2. The van der Waals surface area contributed by atoms with Crippen molar-refractivity contribution >= 4 is 52.6 Å². The van der Waals surface area contributed by atoms with E-state index in [1.807, 2.05) is 12.1 Å². The second-order valence-corrected chi connectivity index (χ2v) is 9.68. The van der Waals surface area contributed by atoms with Gasteiger partial charge in [-0.05, 0) is 67.8 Å². The zero-order valence-electron chi connectivity index (χ0n) is 16.4. The predicted molar refractivity (Wildman–Crippen MR) is 125 cm³/mol. The average Bonchev–Trinajstić information content (AvgIpc) is 3.12. The zero-order valence-corrected chi connectivity index (χ0v) is 18.7. The summed E-state index contributed by atoms with van der Waals surface area (Å²) in [7, 11) is 2.18. The van der Waals surface area contributed by atoms with Crippen molar-refractivity contribution in [1.82, 2.24) is 4.90 Å². The van der Waals surface area contributed by atoms with E-state index in [9.17, 15) is 4.79 Å². The number of likely N-dealkylation sites (tertiary alicyclic amines) is 1. The highest BCUT2D eigenvalue weighted by molar-refractivity contribution is 8.04. The molecular weight excluding hydrogens is 423 g/mol. The summed E-state index contributed by atoms with van der Waals surface area (Å²) in [4.78, 5) is 18.1. The molecule has 0 radical (unpaired) electrons. The van der Waals surface area contributed by atoms with E-state index in [4.69, 9.17) is 23.2 Å². The Morgan fingerprint density at radius 2 is 1.97 bits per heavy atom. The quantitative estimate of drug-likeness (QED) is 0.570. The molecule has 3 nitrogen and oxygen atoms in total. The van der Waals surface area contributed by atoms with Crippen molar-refractivity contribution in [2.45, 2.75) is 12.8 Å². The van der Waals surface area contributed by atoms with Gasteiger partial charge in [0.2, 0.25) is 0 Å². The number of halogens is 2. The summed E-state index contributed by atoms with van der Waals surface area (Å²) in [6.45, 7) is 2.97. The van der Waals surface area contributed by atoms with Gasteiger partial charge in [0, 0.05) is 24.5 Å². The molecule has 2 aromatic rings. The summed E-state index contributed by atoms with van der Waals surface area (Å²) < 4.78 is 0. The number of carbonyl (C=O) groups excluding carboxylic acids is 1. The molecule has 2 aromatic carbocycles. The Morgan fingerprint density at radius 3 is 2.72 bits per heavy atom. The molecule has 0 bridgehead atoms. The Hall–Kier alpha value is -1.46. The molecule has 2 aliphatic heterocycles. The standard InChI is InChI=1S/C23H24Cl2N2OS/c1-26-9-8-16(15-26)12-17-4-2-3-5-18(17)13-22-23(28)27(10-11-29-22)19-6-7-20(24)21(25)14-19/h2-7,13-14,16H,8-12,15H2,1H3/b22-13-. The summed E-state index contributed by atoms with van der Waals surface area (Å²) in [5, 5.41) is 0.962. The van der Waals surface area contributed by atoms with Crippen LogP contribution in [0.15, 0.2) is 47.4 Å². The Labute approximate surface area is 186 Å². The molecule has 29 heavy (non-hydrogen) atoms. The molecule has 0 saturated carbocycles. The van der Waals surface area contributed by atoms with Gasteiger partial charge in [-0.3, -0.25) is 4.79 Å². The average molecular weight is 447 g/mol. The van der Waals surface area contributed by atoms with Gasteiger partial charge in [-0.25, -0.2) is 0 Å². The molecule has 2 fully saturated rings. The number of carbonyl (C=O) groups is 1. The van der Waals surface area contributed by atoms with Gasteiger partial charge in [0.15, 0.2) is 0 Å². The number of nitrogens with zero attached hydrogens (tertiary/aromatic N) is 2. The van der Waals surface area contributed by atoms with Gasteiger partial charge in [-0.2, -0.15) is 0 Å². The minimum Gasteiger partial charge on any atom is -0.307 e. The molecular formula is C23H24Cl2N2OS. The Morgan fingerprint density at radius 1 is 1.14 bits per heavy atom. The normalized spacial score (nSPS) is 21.9. The molecule has 2 saturated heterocycles. The zero-order chi connectivity index (χ0) is 20.4. The Balaban J connectivity index is 1.57. The fraction of sp³-hybridized carbons (Fsp3) is 0.348. The largest absolute Gasteiger partial charge is 0.307 e. The predicted octanol–water partition coefficient (Wildman–Crippen LogP) is 5.61. The molecule has 2 heterocycles. The van der Waals surface area contributed by atoms with Crippen LogP contribution >= 0.6 is 35.0 Å². The summed E-state index contributed by atoms with van der Waals surface area (Å²) in [5.74, 6) is 1.56. The summed E-state index contributed by atoms with van der Waals surface area (Å²) in [6.07, 6.45) is 4.35. The topological polar surface area (TPSA) is 23.6 Å². The number of benzene rings is 2. The maximum Gasteiger partial charge on any atom is 0.264 e. The molecule has 6 heteroatoms. The molecule has 1 unspecified atom stereocenters. The van der Waals surface area contributed by atoms with Crippen molar-refractivity contribution in [3.63, 3.8) is 0 Å². The first-order valence-corrected chi connectivity index (χ1v) is 11.6. The molecule has 0 aromatic heterocycles. The van der Waals surface area contributed by atoms with E-state index >= 15 is 0 Å². The third-order valence-electron chi connectivity index (χ3n) is 5.58. The molecule has 152 valence electrons. The Kier molecular flexibility index (Phi) is 6.55. The first-order valence-electron chi connectivity index (χ1n) is 9.89. The van der Waals surface area contributed by atoms with Crippen LogP contribution in [0.25, 0.3) is 6.08 Å². The van der Waals surface area contributed by atoms with Crippen molar-refractivity contribution in [3.05, 3.63) is 68.5 Å². The summed E-state index contributed by atoms with van der Waals surface area (Å²) >= 11 is 13.8. The van der Waals surface area contributed by atoms with Crippen LogP contribution < -0.4 is 4.90 Å². The fourth-order valence-electron chi connectivity index (χ4n) is 4.05. The van der Waals surface area contributed by atoms with E-state index in [0.717, 1.165) is 34.9 Å². The van der Waals surface area contributed by atoms with E-state index < -0.39 is 0 Å². The van der Waals surface area contributed by atoms with Crippen molar-refractivity contribution < 1.29 is 4.79 Å². The third kappa shape index (κ3) is 4.83. The van der Waals surface area contributed by atoms with Gasteiger partial charge in [0.25, 0.3) is 5.91 Å². The van der Waals surface area contributed by atoms with Crippen LogP contribution in [-0.2, 0) is 11.2 Å². The van der Waals surface area contributed by atoms with Gasteiger partial charge in [-0.1, -0.05) is 47.5 Å². The van der Waals surface area contributed by atoms with E-state index in [1.165, 1.54) is 18.5 Å². The fourth-order valence-corrected chi connectivity index (χ4v) is 5.28. The van der Waals surface area contributed by atoms with Gasteiger partial charge < -0.3 is 9.80 Å². The van der Waals surface area contributed by atoms with Gasteiger partial charge in [-0.15, -0.1) is 11.8 Å². The molecule has 0 spiro atoms. The number of hydrogen-bond acceptors (Lipinski definition) is 3. The summed E-state index contributed by atoms with van der Waals surface area (Å²) in [5.41, 5.74) is 3.26. The van der Waals surface area contributed by atoms with Gasteiger partial charge >= 0.3 is 0 Å². The van der Waals surface area contributed by atoms with Crippen LogP contribution in [0.1, 0.15) is 17.5 Å². The first-order chi connectivity index (χ1) is 14.0. The lowest BCUT2D eigenvalue weighted by atomic mass is 9.95. The minimum atomic E-state index is 0.0232. The molecule has 1 amide bonds. The number of anilines is 1. The molecule has 0 N–H and O–H groups in total. The van der Waals surface area contributed by atoms with Crippen LogP contribution in [-0.4, -0.2) is 43.2 Å². The van der Waals surface area contributed by atoms with Crippen LogP contribution in [0.5, 0.6) is 0 Å². The van der Waals surface area contributed by atoms with Crippen LogP contribution in [0.2, 0.25) is 10.0 Å². The van der Waals surface area contributed by atoms with Crippen molar-refractivity contribution in [2.75, 3.05) is 37.3 Å². The summed E-state index contributed by atoms with van der Waals surface area (Å²) in [6, 6.07) is 13.8. The van der Waals surface area contributed by atoms with Crippen LogP contribution in [0.4, 0.5) is 5.69 Å². The van der Waals surface area contributed by atoms with E-state index in [-0.39, 0.29) is 5.91 Å². The van der Waals surface area contributed by atoms with Crippen LogP contribution in [0, 0.1) is 5.92 Å². The lowest BCUT2D eigenvalue weighted by molar-refractivity contribution is -0.114. The second kappa shape index (κ2) is 9.13. The Bertz CT molecular complexity index is 946. The highest BCUT2D eigenvalue weighted by Gasteiger charge is 2.26. The number of rotatable bonds is 4. The van der Waals surface area contributed by atoms with E-state index in [0.29, 0.717) is 22.5 Å². The SMILES string of the molecule is CN1CCC(Cc2ccccc2/C=C2\SCCN(c3ccc(Cl)c(Cl)c3)C2=O)C1. The second-order valence-electron chi connectivity index (χ2n) is 7.73. The maximum absolute atomic E-state index is 13.2. The van der Waals surface area contributed by atoms with Crippen molar-refractivity contribution in [3.8, 4) is 0 Å². The van der Waals surface area contributed by atoms with Crippen molar-refractivity contribution in [2.24, 2.45) is 5.92 Å². The van der Waals surface area contributed by atoms with Crippen molar-refractivity contribution in [1.29, 1.82) is 0 Å². The molecule has 4 rings (SSSR count). The molecule has 2 aliphatic rings. The number of thioether (sulfide) groups is 1. The van der Waals surface area contributed by atoms with E-state index in [2.05, 4.69) is 36.2 Å². The lowest BCUT2D eigenvalue weighted by Gasteiger charge is -2.28. The minimum absolute atomic E-state index is 0.0232. The van der Waals surface area contributed by atoms with Gasteiger partial charge in [0.1, 0.15) is 0 Å². The highest BCUT2D eigenvalue weighted by atomic mass is 35.5.